The molecule has 1 aromatic carbocycles. The minimum absolute atomic E-state index is 0.141. The molecule has 108 valence electrons. The second kappa shape index (κ2) is 6.52. The van der Waals surface area contributed by atoms with E-state index in [0.29, 0.717) is 32.6 Å². The monoisotopic (exact) mass is 275 g/mol. The molecule has 1 saturated heterocycles. The molecule has 1 fully saturated rings. The maximum atomic E-state index is 12.2. The summed E-state index contributed by atoms with van der Waals surface area (Å²) in [5.41, 5.74) is 6.34. The molecule has 0 bridgehead atoms. The normalized spacial score (nSPS) is 17.8. The molecule has 2 rings (SSSR count). The third-order valence-electron chi connectivity index (χ3n) is 3.82. The maximum Gasteiger partial charge on any atom is 0.234 e. The van der Waals surface area contributed by atoms with Crippen LogP contribution in [0.15, 0.2) is 30.3 Å². The van der Waals surface area contributed by atoms with Gasteiger partial charge < -0.3 is 10.6 Å². The third-order valence-corrected chi connectivity index (χ3v) is 3.82. The van der Waals surface area contributed by atoms with Crippen molar-refractivity contribution in [3.05, 3.63) is 35.9 Å². The highest BCUT2D eigenvalue weighted by molar-refractivity contribution is 5.80. The zero-order valence-electron chi connectivity index (χ0n) is 11.8. The molecular formula is C15H21N3O2. The van der Waals surface area contributed by atoms with Crippen LogP contribution >= 0.6 is 0 Å². The number of nitrogens with two attached hydrogens (primary N) is 1. The number of hydrogen-bond acceptors (Lipinski definition) is 3. The molecule has 1 aliphatic rings. The Labute approximate surface area is 119 Å². The van der Waals surface area contributed by atoms with Crippen LogP contribution in [0.25, 0.3) is 0 Å². The molecule has 5 nitrogen and oxygen atoms in total. The first kappa shape index (κ1) is 14.5. The highest BCUT2D eigenvalue weighted by Crippen LogP contribution is 2.09. The number of nitrogens with zero attached hydrogens (tertiary/aromatic N) is 2. The summed E-state index contributed by atoms with van der Waals surface area (Å²) in [4.78, 5) is 27.2. The molecule has 0 aliphatic carbocycles. The summed E-state index contributed by atoms with van der Waals surface area (Å²) in [7, 11) is 0. The van der Waals surface area contributed by atoms with Gasteiger partial charge in [0, 0.05) is 26.2 Å². The summed E-state index contributed by atoms with van der Waals surface area (Å²) in [6.07, 6.45) is 0.437. The van der Waals surface area contributed by atoms with E-state index in [1.54, 1.807) is 0 Å². The van der Waals surface area contributed by atoms with Gasteiger partial charge in [0.15, 0.2) is 0 Å². The predicted molar refractivity (Wildman–Crippen MR) is 77.0 cm³/mol. The van der Waals surface area contributed by atoms with Crippen LogP contribution in [0.3, 0.4) is 0 Å². The Bertz CT molecular complexity index is 467. The maximum absolute atomic E-state index is 12.2. The highest BCUT2D eigenvalue weighted by atomic mass is 16.2. The van der Waals surface area contributed by atoms with Crippen molar-refractivity contribution in [1.82, 2.24) is 9.80 Å². The molecule has 0 spiro atoms. The van der Waals surface area contributed by atoms with E-state index in [9.17, 15) is 9.59 Å². The average molecular weight is 275 g/mol. The number of benzene rings is 1. The summed E-state index contributed by atoms with van der Waals surface area (Å²) in [5, 5.41) is 0. The van der Waals surface area contributed by atoms with E-state index in [-0.39, 0.29) is 17.9 Å². The van der Waals surface area contributed by atoms with Crippen molar-refractivity contribution < 1.29 is 9.59 Å². The summed E-state index contributed by atoms with van der Waals surface area (Å²) >= 11 is 0. The minimum Gasteiger partial charge on any atom is -0.368 e. The van der Waals surface area contributed by atoms with Crippen LogP contribution in [-0.4, -0.2) is 53.8 Å². The second-order valence-electron chi connectivity index (χ2n) is 5.16. The smallest absolute Gasteiger partial charge is 0.234 e. The topological polar surface area (TPSA) is 66.6 Å². The van der Waals surface area contributed by atoms with E-state index in [4.69, 9.17) is 5.73 Å². The number of amides is 2. The number of carbonyl (C=O) groups excluding carboxylic acids is 2. The van der Waals surface area contributed by atoms with E-state index < -0.39 is 0 Å². The molecule has 20 heavy (non-hydrogen) atoms. The first-order chi connectivity index (χ1) is 9.58. The number of carbonyl (C=O) groups is 2. The van der Waals surface area contributed by atoms with E-state index >= 15 is 0 Å². The summed E-state index contributed by atoms with van der Waals surface area (Å²) in [5.74, 6) is -0.170. The van der Waals surface area contributed by atoms with Crippen molar-refractivity contribution in [2.75, 3.05) is 26.2 Å². The molecule has 1 aliphatic heterocycles. The fourth-order valence-corrected chi connectivity index (χ4v) is 2.42. The number of hydrogen-bond donors (Lipinski definition) is 1. The van der Waals surface area contributed by atoms with Gasteiger partial charge in [-0.25, -0.2) is 0 Å². The number of primary amides is 1. The standard InChI is InChI=1S/C15H21N3O2/c1-12(15(16)20)17-7-9-18(10-8-17)14(19)11-13-5-3-2-4-6-13/h2-6,12H,7-11H2,1H3,(H2,16,20). The SMILES string of the molecule is CC(C(N)=O)N1CCN(C(=O)Cc2ccccc2)CC1. The van der Waals surface area contributed by atoms with Crippen LogP contribution in [-0.2, 0) is 16.0 Å². The Balaban J connectivity index is 1.84. The van der Waals surface area contributed by atoms with Crippen LogP contribution in [0.4, 0.5) is 0 Å². The molecule has 1 heterocycles. The second-order valence-corrected chi connectivity index (χ2v) is 5.16. The van der Waals surface area contributed by atoms with Crippen LogP contribution in [0.2, 0.25) is 0 Å². The predicted octanol–water partition coefficient (Wildman–Crippen LogP) is 0.247. The van der Waals surface area contributed by atoms with Crippen molar-refractivity contribution in [2.45, 2.75) is 19.4 Å². The molecular weight excluding hydrogens is 254 g/mol. The Kier molecular flexibility index (Phi) is 4.74. The van der Waals surface area contributed by atoms with Crippen LogP contribution < -0.4 is 5.73 Å². The lowest BCUT2D eigenvalue weighted by Gasteiger charge is -2.37. The average Bonchev–Trinajstić information content (AvgIpc) is 2.47. The van der Waals surface area contributed by atoms with Gasteiger partial charge in [-0.05, 0) is 12.5 Å². The minimum atomic E-state index is -0.311. The summed E-state index contributed by atoms with van der Waals surface area (Å²) < 4.78 is 0. The molecule has 2 N–H and O–H groups in total. The number of piperazine rings is 1. The molecule has 0 aromatic heterocycles. The molecule has 0 saturated carbocycles. The van der Waals surface area contributed by atoms with Crippen molar-refractivity contribution in [1.29, 1.82) is 0 Å². The van der Waals surface area contributed by atoms with Crippen molar-refractivity contribution >= 4 is 11.8 Å². The fourth-order valence-electron chi connectivity index (χ4n) is 2.42. The first-order valence-electron chi connectivity index (χ1n) is 6.93. The zero-order chi connectivity index (χ0) is 14.5. The summed E-state index contributed by atoms with van der Waals surface area (Å²) in [6.45, 7) is 4.52. The first-order valence-corrected chi connectivity index (χ1v) is 6.93. The van der Waals surface area contributed by atoms with E-state index in [2.05, 4.69) is 0 Å². The van der Waals surface area contributed by atoms with Gasteiger partial charge in [0.25, 0.3) is 0 Å². The zero-order valence-corrected chi connectivity index (χ0v) is 11.8. The Hall–Kier alpha value is -1.88. The largest absolute Gasteiger partial charge is 0.368 e. The van der Waals surface area contributed by atoms with E-state index in [0.717, 1.165) is 5.56 Å². The van der Waals surface area contributed by atoms with Gasteiger partial charge in [-0.15, -0.1) is 0 Å². The van der Waals surface area contributed by atoms with Crippen LogP contribution in [0.5, 0.6) is 0 Å². The number of rotatable bonds is 4. The van der Waals surface area contributed by atoms with E-state index in [1.165, 1.54) is 0 Å². The van der Waals surface area contributed by atoms with Gasteiger partial charge in [-0.2, -0.15) is 0 Å². The Morgan fingerprint density at radius 3 is 2.30 bits per heavy atom. The molecule has 1 aromatic rings. The Morgan fingerprint density at radius 1 is 1.15 bits per heavy atom. The molecule has 2 amide bonds. The van der Waals surface area contributed by atoms with Gasteiger partial charge in [0.2, 0.25) is 11.8 Å². The van der Waals surface area contributed by atoms with Crippen molar-refractivity contribution in [2.24, 2.45) is 5.73 Å². The molecule has 0 radical (unpaired) electrons. The lowest BCUT2D eigenvalue weighted by molar-refractivity contribution is -0.133. The molecule has 5 heteroatoms. The lowest BCUT2D eigenvalue weighted by atomic mass is 10.1. The van der Waals surface area contributed by atoms with Gasteiger partial charge in [-0.3, -0.25) is 14.5 Å². The van der Waals surface area contributed by atoms with Crippen LogP contribution in [0, 0.1) is 0 Å². The van der Waals surface area contributed by atoms with Gasteiger partial charge in [0.1, 0.15) is 0 Å². The van der Waals surface area contributed by atoms with Gasteiger partial charge in [0.05, 0.1) is 12.5 Å². The molecule has 1 unspecified atom stereocenters. The van der Waals surface area contributed by atoms with Crippen LogP contribution in [0.1, 0.15) is 12.5 Å². The fraction of sp³-hybridized carbons (Fsp3) is 0.467. The molecule has 1 atom stereocenters. The third kappa shape index (κ3) is 3.57. The van der Waals surface area contributed by atoms with Crippen molar-refractivity contribution in [3.63, 3.8) is 0 Å². The lowest BCUT2D eigenvalue weighted by Crippen LogP contribution is -2.54. The van der Waals surface area contributed by atoms with E-state index in [1.807, 2.05) is 47.1 Å². The highest BCUT2D eigenvalue weighted by Gasteiger charge is 2.26. The van der Waals surface area contributed by atoms with Gasteiger partial charge >= 0.3 is 0 Å². The summed E-state index contributed by atoms with van der Waals surface area (Å²) in [6, 6.07) is 9.48. The van der Waals surface area contributed by atoms with Gasteiger partial charge in [-0.1, -0.05) is 30.3 Å². The quantitative estimate of drug-likeness (QED) is 0.856. The van der Waals surface area contributed by atoms with Crippen molar-refractivity contribution in [3.8, 4) is 0 Å². The Morgan fingerprint density at radius 2 is 1.75 bits per heavy atom.